The maximum Gasteiger partial charge on any atom is 0.0896 e. The molecule has 0 spiro atoms. The maximum absolute atomic E-state index is 10.5. The number of nitrogens with one attached hydrogen (secondary N) is 1. The number of benzene rings is 2. The van der Waals surface area contributed by atoms with E-state index >= 15 is 0 Å². The van der Waals surface area contributed by atoms with Crippen LogP contribution in [-0.2, 0) is 0 Å². The topological polar surface area (TPSA) is 101 Å². The predicted octanol–water partition coefficient (Wildman–Crippen LogP) is 2.45. The molecule has 1 aromatic carbocycles. The van der Waals surface area contributed by atoms with E-state index in [9.17, 15) is 5.21 Å². The van der Waals surface area contributed by atoms with Crippen LogP contribution in [0.5, 0.6) is 0 Å². The van der Waals surface area contributed by atoms with Gasteiger partial charge < -0.3 is 22.1 Å². The Hall–Kier alpha value is -2.95. The summed E-state index contributed by atoms with van der Waals surface area (Å²) in [6.45, 7) is 1.96. The van der Waals surface area contributed by atoms with Crippen molar-refractivity contribution in [1.82, 2.24) is 4.73 Å². The molecule has 5 heteroatoms. The van der Waals surface area contributed by atoms with Crippen molar-refractivity contribution >= 4 is 11.4 Å². The third kappa shape index (κ3) is 2.08. The summed E-state index contributed by atoms with van der Waals surface area (Å²) in [7, 11) is 0. The van der Waals surface area contributed by atoms with E-state index in [0.717, 1.165) is 15.9 Å². The highest BCUT2D eigenvalue weighted by Gasteiger charge is 2.16. The van der Waals surface area contributed by atoms with Gasteiger partial charge in [0.1, 0.15) is 0 Å². The molecule has 1 aliphatic carbocycles. The van der Waals surface area contributed by atoms with Crippen molar-refractivity contribution in [1.29, 1.82) is 5.41 Å². The quantitative estimate of drug-likeness (QED) is 0.407. The molecule has 0 aromatic heterocycles. The van der Waals surface area contributed by atoms with Crippen LogP contribution in [0.3, 0.4) is 0 Å². The average molecular weight is 280 g/mol. The fourth-order valence-electron chi connectivity index (χ4n) is 2.50. The van der Waals surface area contributed by atoms with E-state index in [1.54, 1.807) is 30.3 Å². The van der Waals surface area contributed by atoms with Gasteiger partial charge in [0.05, 0.1) is 16.7 Å². The molecule has 1 aliphatic heterocycles. The molecule has 0 unspecified atom stereocenters. The third-order valence-electron chi connectivity index (χ3n) is 3.59. The van der Waals surface area contributed by atoms with E-state index in [-0.39, 0.29) is 0 Å². The number of anilines is 2. The second-order valence-electron chi connectivity index (χ2n) is 5.10. The lowest BCUT2D eigenvalue weighted by atomic mass is 9.99. The van der Waals surface area contributed by atoms with Crippen LogP contribution in [0, 0.1) is 12.3 Å². The zero-order chi connectivity index (χ0) is 15.1. The van der Waals surface area contributed by atoms with Crippen molar-refractivity contribution in [2.24, 2.45) is 0 Å². The smallest absolute Gasteiger partial charge is 0.0896 e. The van der Waals surface area contributed by atoms with Crippen LogP contribution in [0.1, 0.15) is 5.56 Å². The zero-order valence-corrected chi connectivity index (χ0v) is 11.6. The van der Waals surface area contributed by atoms with Gasteiger partial charge in [-0.1, -0.05) is 6.07 Å². The SMILES string of the molecule is Cc1cc(-c2cc(N)ccc2N)n(O)c2cc(=N)ccc1-2. The van der Waals surface area contributed by atoms with Crippen molar-refractivity contribution in [3.63, 3.8) is 0 Å². The number of rotatable bonds is 1. The molecule has 106 valence electrons. The van der Waals surface area contributed by atoms with Gasteiger partial charge in [0.25, 0.3) is 0 Å². The fraction of sp³-hybridized carbons (Fsp3) is 0.0625. The van der Waals surface area contributed by atoms with Crippen molar-refractivity contribution in [2.45, 2.75) is 6.92 Å². The Balaban J connectivity index is 2.39. The summed E-state index contributed by atoms with van der Waals surface area (Å²) in [4.78, 5) is 0. The summed E-state index contributed by atoms with van der Waals surface area (Å²) in [6.07, 6.45) is 0. The summed E-state index contributed by atoms with van der Waals surface area (Å²) in [5.41, 5.74) is 16.6. The largest absolute Gasteiger partial charge is 0.428 e. The second-order valence-corrected chi connectivity index (χ2v) is 5.10. The maximum atomic E-state index is 10.5. The highest BCUT2D eigenvalue weighted by atomic mass is 16.5. The molecular formula is C16H16N4O. The van der Waals surface area contributed by atoms with Crippen molar-refractivity contribution in [2.75, 3.05) is 11.5 Å². The molecule has 0 fully saturated rings. The van der Waals surface area contributed by atoms with Gasteiger partial charge >= 0.3 is 0 Å². The molecule has 2 aliphatic rings. The minimum Gasteiger partial charge on any atom is -0.428 e. The molecule has 0 amide bonds. The molecule has 0 saturated heterocycles. The molecule has 5 nitrogen and oxygen atoms in total. The normalized spacial score (nSPS) is 10.9. The van der Waals surface area contributed by atoms with Crippen LogP contribution in [-0.4, -0.2) is 9.94 Å². The van der Waals surface area contributed by atoms with Gasteiger partial charge in [-0.05, 0) is 48.9 Å². The van der Waals surface area contributed by atoms with Gasteiger partial charge in [0, 0.05) is 22.5 Å². The van der Waals surface area contributed by atoms with Gasteiger partial charge in [-0.2, -0.15) is 4.73 Å². The number of fused-ring (bicyclic) bond motifs is 1. The minimum absolute atomic E-state index is 0.336. The average Bonchev–Trinajstić information content (AvgIpc) is 2.45. The Morgan fingerprint density at radius 3 is 2.43 bits per heavy atom. The number of nitrogen functional groups attached to an aromatic ring is 2. The first-order valence-corrected chi connectivity index (χ1v) is 6.53. The molecule has 3 rings (SSSR count). The number of aromatic nitrogens is 1. The fourth-order valence-corrected chi connectivity index (χ4v) is 2.50. The number of hydrogen-bond donors (Lipinski definition) is 4. The summed E-state index contributed by atoms with van der Waals surface area (Å²) in [5, 5.41) is 18.6. The predicted molar refractivity (Wildman–Crippen MR) is 83.1 cm³/mol. The molecular weight excluding hydrogens is 264 g/mol. The van der Waals surface area contributed by atoms with Crippen LogP contribution >= 0.6 is 0 Å². The van der Waals surface area contributed by atoms with Crippen molar-refractivity contribution in [3.05, 3.63) is 53.4 Å². The van der Waals surface area contributed by atoms with Gasteiger partial charge in [0.2, 0.25) is 0 Å². The van der Waals surface area contributed by atoms with Gasteiger partial charge in [0.15, 0.2) is 0 Å². The lowest BCUT2D eigenvalue weighted by Crippen LogP contribution is -2.10. The number of hydrogen-bond acceptors (Lipinski definition) is 4. The van der Waals surface area contributed by atoms with Crippen molar-refractivity contribution < 1.29 is 5.21 Å². The lowest BCUT2D eigenvalue weighted by molar-refractivity contribution is 0.194. The van der Waals surface area contributed by atoms with Gasteiger partial charge in [-0.25, -0.2) is 0 Å². The lowest BCUT2D eigenvalue weighted by Gasteiger charge is -2.18. The zero-order valence-electron chi connectivity index (χ0n) is 11.6. The Morgan fingerprint density at radius 2 is 1.67 bits per heavy atom. The first-order valence-electron chi connectivity index (χ1n) is 6.53. The van der Waals surface area contributed by atoms with E-state index in [1.165, 1.54) is 0 Å². The monoisotopic (exact) mass is 280 g/mol. The molecule has 1 heterocycles. The number of pyridine rings is 1. The third-order valence-corrected chi connectivity index (χ3v) is 3.59. The number of nitrogens with zero attached hydrogens (tertiary/aromatic N) is 1. The summed E-state index contributed by atoms with van der Waals surface area (Å²) in [5.74, 6) is 0. The Labute approximate surface area is 121 Å². The van der Waals surface area contributed by atoms with E-state index in [4.69, 9.17) is 16.9 Å². The van der Waals surface area contributed by atoms with Crippen LogP contribution in [0.25, 0.3) is 22.5 Å². The van der Waals surface area contributed by atoms with Crippen LogP contribution in [0.15, 0.2) is 42.5 Å². The Bertz CT molecular complexity index is 867. The minimum atomic E-state index is 0.336. The molecule has 0 radical (unpaired) electrons. The van der Waals surface area contributed by atoms with Crippen LogP contribution in [0.2, 0.25) is 0 Å². The Kier molecular flexibility index (Phi) is 2.83. The molecule has 0 atom stereocenters. The molecule has 21 heavy (non-hydrogen) atoms. The summed E-state index contributed by atoms with van der Waals surface area (Å²) in [6, 6.07) is 12.2. The van der Waals surface area contributed by atoms with E-state index in [1.807, 2.05) is 19.1 Å². The molecule has 0 saturated carbocycles. The van der Waals surface area contributed by atoms with Gasteiger partial charge in [-0.15, -0.1) is 0 Å². The highest BCUT2D eigenvalue weighted by Crippen LogP contribution is 2.33. The second kappa shape index (κ2) is 4.56. The summed E-state index contributed by atoms with van der Waals surface area (Å²) >= 11 is 0. The first-order chi connectivity index (χ1) is 9.97. The number of nitrogens with two attached hydrogens (primary N) is 2. The van der Waals surface area contributed by atoms with Gasteiger partial charge in [-0.3, -0.25) is 0 Å². The van der Waals surface area contributed by atoms with Crippen LogP contribution < -0.4 is 16.8 Å². The molecule has 6 N–H and O–H groups in total. The number of aryl methyl sites for hydroxylation is 1. The highest BCUT2D eigenvalue weighted by molar-refractivity contribution is 5.80. The van der Waals surface area contributed by atoms with Crippen molar-refractivity contribution in [3.8, 4) is 22.5 Å². The van der Waals surface area contributed by atoms with E-state index in [0.29, 0.717) is 33.7 Å². The molecule has 1 aromatic rings. The summed E-state index contributed by atoms with van der Waals surface area (Å²) < 4.78 is 1.06. The van der Waals surface area contributed by atoms with Crippen LogP contribution in [0.4, 0.5) is 11.4 Å². The standard InChI is InChI=1S/C16H16N4O/c1-9-6-15(13-7-10(17)3-5-14(13)19)20(21)16-8-11(18)2-4-12(9)16/h2-8,18,21H,17,19H2,1H3. The Morgan fingerprint density at radius 1 is 0.952 bits per heavy atom. The molecule has 0 bridgehead atoms. The van der Waals surface area contributed by atoms with E-state index in [2.05, 4.69) is 0 Å². The van der Waals surface area contributed by atoms with E-state index < -0.39 is 0 Å². The first kappa shape index (κ1) is 13.1.